The number of alkyl halides is 1. The van der Waals surface area contributed by atoms with Crippen LogP contribution in [-0.2, 0) is 9.53 Å². The van der Waals surface area contributed by atoms with Crippen LogP contribution < -0.4 is 0 Å². The van der Waals surface area contributed by atoms with E-state index in [4.69, 9.17) is 0 Å². The summed E-state index contributed by atoms with van der Waals surface area (Å²) in [6.07, 6.45) is 3.02. The van der Waals surface area contributed by atoms with Gasteiger partial charge in [0.25, 0.3) is 0 Å². The number of allylic oxidation sites excluding steroid dienone is 1. The second-order valence-corrected chi connectivity index (χ2v) is 3.57. The van der Waals surface area contributed by atoms with Crippen LogP contribution in [0.5, 0.6) is 0 Å². The molecule has 0 aliphatic rings. The summed E-state index contributed by atoms with van der Waals surface area (Å²) in [7, 11) is 0. The Labute approximate surface area is 91.7 Å². The SMILES string of the molecule is CCOC(=O)/C=C(\F)CCCCI. The molecule has 2 nitrogen and oxygen atoms in total. The van der Waals surface area contributed by atoms with E-state index in [2.05, 4.69) is 27.3 Å². The number of carbonyl (C=O) groups excluding carboxylic acids is 1. The lowest BCUT2D eigenvalue weighted by Gasteiger charge is -1.97. The molecule has 0 heterocycles. The number of halogens is 2. The van der Waals surface area contributed by atoms with E-state index in [0.29, 0.717) is 6.42 Å². The summed E-state index contributed by atoms with van der Waals surface area (Å²) < 4.78 is 18.4. The predicted octanol–water partition coefficient (Wildman–Crippen LogP) is 3.01. The molecule has 0 aromatic rings. The maximum Gasteiger partial charge on any atom is 0.333 e. The minimum absolute atomic E-state index is 0.288. The summed E-state index contributed by atoms with van der Waals surface area (Å²) in [6.45, 7) is 1.98. The molecule has 0 amide bonds. The quantitative estimate of drug-likeness (QED) is 0.248. The Morgan fingerprint density at radius 2 is 2.23 bits per heavy atom. The number of unbranched alkanes of at least 4 members (excludes halogenated alkanes) is 1. The fraction of sp³-hybridized carbons (Fsp3) is 0.667. The van der Waals surface area contributed by atoms with Crippen molar-refractivity contribution in [2.24, 2.45) is 0 Å². The number of rotatable bonds is 6. The minimum Gasteiger partial charge on any atom is -0.463 e. The topological polar surface area (TPSA) is 26.3 Å². The van der Waals surface area contributed by atoms with Gasteiger partial charge in [-0.1, -0.05) is 22.6 Å². The number of ether oxygens (including phenoxy) is 1. The van der Waals surface area contributed by atoms with Crippen molar-refractivity contribution in [2.75, 3.05) is 11.0 Å². The average Bonchev–Trinajstić information content (AvgIpc) is 2.05. The molecule has 0 saturated heterocycles. The van der Waals surface area contributed by atoms with Gasteiger partial charge in [0.1, 0.15) is 5.83 Å². The monoisotopic (exact) mass is 300 g/mol. The average molecular weight is 300 g/mol. The van der Waals surface area contributed by atoms with E-state index in [-0.39, 0.29) is 12.4 Å². The van der Waals surface area contributed by atoms with Gasteiger partial charge in [0.05, 0.1) is 12.7 Å². The normalized spacial score (nSPS) is 11.5. The first kappa shape index (κ1) is 12.9. The maximum atomic E-state index is 12.9. The second-order valence-electron chi connectivity index (χ2n) is 2.49. The Hall–Kier alpha value is -0.130. The maximum absolute atomic E-state index is 12.9. The van der Waals surface area contributed by atoms with Crippen molar-refractivity contribution < 1.29 is 13.9 Å². The molecule has 0 rings (SSSR count). The van der Waals surface area contributed by atoms with Crippen LogP contribution in [-0.4, -0.2) is 17.0 Å². The first-order chi connectivity index (χ1) is 6.20. The Balaban J connectivity index is 3.67. The highest BCUT2D eigenvalue weighted by Crippen LogP contribution is 2.09. The van der Waals surface area contributed by atoms with Gasteiger partial charge < -0.3 is 4.74 Å². The summed E-state index contributed by atoms with van der Waals surface area (Å²) in [5.41, 5.74) is 0. The molecule has 0 bridgehead atoms. The largest absolute Gasteiger partial charge is 0.463 e. The van der Waals surface area contributed by atoms with Gasteiger partial charge in [-0.05, 0) is 30.6 Å². The molecule has 0 unspecified atom stereocenters. The fourth-order valence-corrected chi connectivity index (χ4v) is 1.31. The lowest BCUT2D eigenvalue weighted by molar-refractivity contribution is -0.137. The minimum atomic E-state index is -0.588. The number of hydrogen-bond acceptors (Lipinski definition) is 2. The Morgan fingerprint density at radius 3 is 2.77 bits per heavy atom. The van der Waals surface area contributed by atoms with Gasteiger partial charge in [-0.15, -0.1) is 0 Å². The number of hydrogen-bond donors (Lipinski definition) is 0. The van der Waals surface area contributed by atoms with Gasteiger partial charge in [-0.3, -0.25) is 0 Å². The second kappa shape index (κ2) is 8.47. The van der Waals surface area contributed by atoms with Crippen LogP contribution in [0.25, 0.3) is 0 Å². The lowest BCUT2D eigenvalue weighted by atomic mass is 10.2. The van der Waals surface area contributed by atoms with Crippen molar-refractivity contribution in [1.82, 2.24) is 0 Å². The fourth-order valence-electron chi connectivity index (χ4n) is 0.772. The summed E-state index contributed by atoms with van der Waals surface area (Å²) in [6, 6.07) is 0. The summed E-state index contributed by atoms with van der Waals surface area (Å²) in [4.78, 5) is 10.7. The zero-order valence-corrected chi connectivity index (χ0v) is 9.84. The van der Waals surface area contributed by atoms with E-state index >= 15 is 0 Å². The van der Waals surface area contributed by atoms with Crippen LogP contribution in [0.2, 0.25) is 0 Å². The van der Waals surface area contributed by atoms with Crippen LogP contribution >= 0.6 is 22.6 Å². The Bertz CT molecular complexity index is 180. The van der Waals surface area contributed by atoms with Gasteiger partial charge >= 0.3 is 5.97 Å². The molecule has 0 radical (unpaired) electrons. The molecule has 0 fully saturated rings. The molecule has 4 heteroatoms. The van der Waals surface area contributed by atoms with E-state index in [1.54, 1.807) is 6.92 Å². The van der Waals surface area contributed by atoms with E-state index < -0.39 is 5.97 Å². The third-order valence-corrected chi connectivity index (χ3v) is 2.12. The van der Waals surface area contributed by atoms with Gasteiger partial charge in [-0.2, -0.15) is 0 Å². The van der Waals surface area contributed by atoms with Gasteiger partial charge in [0.2, 0.25) is 0 Å². The summed E-state index contributed by atoms with van der Waals surface area (Å²) in [5.74, 6) is -0.974. The summed E-state index contributed by atoms with van der Waals surface area (Å²) in [5, 5.41) is 0. The van der Waals surface area contributed by atoms with E-state index in [0.717, 1.165) is 23.3 Å². The molecular formula is C9H14FIO2. The van der Waals surface area contributed by atoms with Crippen molar-refractivity contribution in [2.45, 2.75) is 26.2 Å². The molecule has 0 aromatic heterocycles. The zero-order valence-electron chi connectivity index (χ0n) is 7.69. The van der Waals surface area contributed by atoms with Gasteiger partial charge in [0, 0.05) is 0 Å². The Morgan fingerprint density at radius 1 is 1.54 bits per heavy atom. The number of carbonyl (C=O) groups is 1. The van der Waals surface area contributed by atoms with Crippen molar-refractivity contribution in [1.29, 1.82) is 0 Å². The van der Waals surface area contributed by atoms with Crippen molar-refractivity contribution in [3.05, 3.63) is 11.9 Å². The van der Waals surface area contributed by atoms with Crippen molar-refractivity contribution in [3.63, 3.8) is 0 Å². The van der Waals surface area contributed by atoms with Gasteiger partial charge in [0.15, 0.2) is 0 Å². The van der Waals surface area contributed by atoms with Crippen LogP contribution in [0, 0.1) is 0 Å². The lowest BCUT2D eigenvalue weighted by Crippen LogP contribution is -2.00. The smallest absolute Gasteiger partial charge is 0.333 e. The zero-order chi connectivity index (χ0) is 10.1. The highest BCUT2D eigenvalue weighted by molar-refractivity contribution is 14.1. The highest BCUT2D eigenvalue weighted by atomic mass is 127. The number of esters is 1. The van der Waals surface area contributed by atoms with Crippen LogP contribution in [0.3, 0.4) is 0 Å². The highest BCUT2D eigenvalue weighted by Gasteiger charge is 2.00. The molecule has 0 aliphatic carbocycles. The van der Waals surface area contributed by atoms with Crippen LogP contribution in [0.15, 0.2) is 11.9 Å². The summed E-state index contributed by atoms with van der Waals surface area (Å²) >= 11 is 2.24. The molecule has 0 N–H and O–H groups in total. The molecule has 0 saturated carbocycles. The molecule has 0 atom stereocenters. The van der Waals surface area contributed by atoms with Crippen LogP contribution in [0.1, 0.15) is 26.2 Å². The predicted molar refractivity (Wildman–Crippen MR) is 58.6 cm³/mol. The molecule has 0 spiro atoms. The molecule has 0 aromatic carbocycles. The molecule has 0 aliphatic heterocycles. The van der Waals surface area contributed by atoms with E-state index in [1.807, 2.05) is 0 Å². The van der Waals surface area contributed by atoms with E-state index in [9.17, 15) is 9.18 Å². The molecule has 76 valence electrons. The first-order valence-corrected chi connectivity index (χ1v) is 5.82. The Kier molecular flexibility index (Phi) is 8.38. The molecule has 13 heavy (non-hydrogen) atoms. The third kappa shape index (κ3) is 8.21. The van der Waals surface area contributed by atoms with Crippen molar-refractivity contribution >= 4 is 28.6 Å². The van der Waals surface area contributed by atoms with Crippen molar-refractivity contribution in [3.8, 4) is 0 Å². The third-order valence-electron chi connectivity index (χ3n) is 1.36. The standard InChI is InChI=1S/C9H14FIO2/c1-2-13-9(12)7-8(10)5-3-4-6-11/h7H,2-6H2,1H3/b8-7-. The van der Waals surface area contributed by atoms with Crippen LogP contribution in [0.4, 0.5) is 4.39 Å². The van der Waals surface area contributed by atoms with E-state index in [1.165, 1.54) is 0 Å². The van der Waals surface area contributed by atoms with Gasteiger partial charge in [-0.25, -0.2) is 9.18 Å². The molecular weight excluding hydrogens is 286 g/mol. The first-order valence-electron chi connectivity index (χ1n) is 4.29.